The van der Waals surface area contributed by atoms with Crippen molar-refractivity contribution in [3.63, 3.8) is 0 Å². The normalized spacial score (nSPS) is 12.5. The lowest BCUT2D eigenvalue weighted by Gasteiger charge is -2.19. The summed E-state index contributed by atoms with van der Waals surface area (Å²) in [5, 5.41) is 23.2. The minimum Gasteiger partial charge on any atom is -0.405 e. The molecule has 5 rings (SSSR count). The van der Waals surface area contributed by atoms with Crippen molar-refractivity contribution >= 4 is 16.8 Å². The number of amides is 1. The summed E-state index contributed by atoms with van der Waals surface area (Å²) in [5.74, 6) is -0.769. The first kappa shape index (κ1) is 29.9. The maximum absolute atomic E-state index is 13.2. The zero-order valence-corrected chi connectivity index (χ0v) is 23.8. The standard InChI is InChI=1S/C34H31F3N2O4/c1-20-22(3)39(19-23-12-14-24(15-13-23)27-9-4-5-10-28(27)33(41)42)30-17-16-25(18-29(20)30)32(40)38-21(2)26-8-6-7-11-31(26)43-34(35,36)37/h4-18,21,33,41-42H,19H2,1-3H3,(H,38,40). The SMILES string of the molecule is Cc1c(C)n(Cc2ccc(-c3ccccc3C(O)O)cc2)c2ccc(C(=O)NC(C)c3ccccc3OC(F)(F)F)cc12. The quantitative estimate of drug-likeness (QED) is 0.166. The minimum atomic E-state index is -4.84. The van der Waals surface area contributed by atoms with Crippen molar-refractivity contribution in [2.75, 3.05) is 0 Å². The summed E-state index contributed by atoms with van der Waals surface area (Å²) in [6.45, 7) is 6.20. The second kappa shape index (κ2) is 11.9. The van der Waals surface area contributed by atoms with Gasteiger partial charge in [0, 0.05) is 39.8 Å². The fourth-order valence-electron chi connectivity index (χ4n) is 5.37. The largest absolute Gasteiger partial charge is 0.573 e. The highest BCUT2D eigenvalue weighted by Crippen LogP contribution is 2.32. The smallest absolute Gasteiger partial charge is 0.405 e. The number of halogens is 3. The molecule has 0 aliphatic rings. The van der Waals surface area contributed by atoms with Crippen molar-refractivity contribution < 1.29 is 32.9 Å². The molecule has 0 spiro atoms. The highest BCUT2D eigenvalue weighted by Gasteiger charge is 2.32. The molecular weight excluding hydrogens is 557 g/mol. The highest BCUT2D eigenvalue weighted by molar-refractivity contribution is 5.99. The number of alkyl halides is 3. The topological polar surface area (TPSA) is 83.7 Å². The van der Waals surface area contributed by atoms with Gasteiger partial charge in [-0.3, -0.25) is 4.79 Å². The molecule has 0 saturated heterocycles. The van der Waals surface area contributed by atoms with Gasteiger partial charge in [0.15, 0.2) is 6.29 Å². The lowest BCUT2D eigenvalue weighted by atomic mass is 9.98. The molecule has 1 atom stereocenters. The zero-order chi connectivity index (χ0) is 30.9. The van der Waals surface area contributed by atoms with Crippen molar-refractivity contribution in [3.8, 4) is 16.9 Å². The van der Waals surface area contributed by atoms with Gasteiger partial charge in [0.2, 0.25) is 0 Å². The van der Waals surface area contributed by atoms with Crippen LogP contribution in [-0.4, -0.2) is 27.0 Å². The van der Waals surface area contributed by atoms with E-state index in [1.165, 1.54) is 18.2 Å². The number of para-hydroxylation sites is 1. The maximum Gasteiger partial charge on any atom is 0.573 e. The van der Waals surface area contributed by atoms with Crippen molar-refractivity contribution in [1.82, 2.24) is 9.88 Å². The molecule has 9 heteroatoms. The minimum absolute atomic E-state index is 0.217. The van der Waals surface area contributed by atoms with Crippen LogP contribution in [0.25, 0.3) is 22.0 Å². The molecule has 5 aromatic rings. The third-order valence-corrected chi connectivity index (χ3v) is 7.70. The van der Waals surface area contributed by atoms with Crippen LogP contribution >= 0.6 is 0 Å². The average Bonchev–Trinajstić information content (AvgIpc) is 3.21. The number of nitrogens with one attached hydrogen (secondary N) is 1. The summed E-state index contributed by atoms with van der Waals surface area (Å²) in [7, 11) is 0. The van der Waals surface area contributed by atoms with Gasteiger partial charge in [0.25, 0.3) is 5.91 Å². The van der Waals surface area contributed by atoms with E-state index in [1.807, 2.05) is 56.3 Å². The van der Waals surface area contributed by atoms with Gasteiger partial charge in [-0.25, -0.2) is 0 Å². The van der Waals surface area contributed by atoms with E-state index in [4.69, 9.17) is 0 Å². The van der Waals surface area contributed by atoms with Gasteiger partial charge in [-0.1, -0.05) is 66.7 Å². The predicted molar refractivity (Wildman–Crippen MR) is 159 cm³/mol. The Labute approximate surface area is 247 Å². The van der Waals surface area contributed by atoms with Crippen LogP contribution in [-0.2, 0) is 6.54 Å². The van der Waals surface area contributed by atoms with Crippen LogP contribution in [0.2, 0.25) is 0 Å². The molecule has 0 bridgehead atoms. The molecule has 0 saturated carbocycles. The second-order valence-electron chi connectivity index (χ2n) is 10.5. The number of aryl methyl sites for hydroxylation is 1. The lowest BCUT2D eigenvalue weighted by molar-refractivity contribution is -0.275. The fraction of sp³-hybridized carbons (Fsp3) is 0.206. The van der Waals surface area contributed by atoms with Crippen LogP contribution in [0.4, 0.5) is 13.2 Å². The summed E-state index contributed by atoms with van der Waals surface area (Å²) in [6, 6.07) is 25.4. The van der Waals surface area contributed by atoms with Gasteiger partial charge in [-0.15, -0.1) is 13.2 Å². The van der Waals surface area contributed by atoms with Gasteiger partial charge < -0.3 is 24.8 Å². The number of aromatic nitrogens is 1. The number of ether oxygens (including phenoxy) is 1. The third kappa shape index (κ3) is 6.43. The Hall–Kier alpha value is -4.60. The van der Waals surface area contributed by atoms with Crippen LogP contribution < -0.4 is 10.1 Å². The molecule has 1 aromatic heterocycles. The number of aliphatic hydroxyl groups excluding tert-OH is 1. The van der Waals surface area contributed by atoms with E-state index in [9.17, 15) is 28.2 Å². The number of aliphatic hydroxyl groups is 2. The summed E-state index contributed by atoms with van der Waals surface area (Å²) in [6.07, 6.45) is -6.41. The molecule has 0 radical (unpaired) electrons. The van der Waals surface area contributed by atoms with Crippen LogP contribution in [0.1, 0.15) is 57.6 Å². The van der Waals surface area contributed by atoms with Gasteiger partial charge in [0.05, 0.1) is 6.04 Å². The highest BCUT2D eigenvalue weighted by atomic mass is 19.4. The number of nitrogens with zero attached hydrogens (tertiary/aromatic N) is 1. The van der Waals surface area contributed by atoms with Crippen LogP contribution in [0.3, 0.4) is 0 Å². The van der Waals surface area contributed by atoms with Gasteiger partial charge in [-0.05, 0) is 67.3 Å². The molecular formula is C34H31F3N2O4. The van der Waals surface area contributed by atoms with E-state index in [-0.39, 0.29) is 11.3 Å². The Bertz CT molecular complexity index is 1780. The molecule has 0 aliphatic carbocycles. The Morgan fingerprint density at radius 1 is 0.907 bits per heavy atom. The average molecular weight is 589 g/mol. The van der Waals surface area contributed by atoms with Crippen molar-refractivity contribution in [3.05, 3.63) is 125 Å². The first-order valence-corrected chi connectivity index (χ1v) is 13.7. The van der Waals surface area contributed by atoms with Crippen molar-refractivity contribution in [2.24, 2.45) is 0 Å². The molecule has 0 aliphatic heterocycles. The van der Waals surface area contributed by atoms with Crippen LogP contribution in [0, 0.1) is 13.8 Å². The third-order valence-electron chi connectivity index (χ3n) is 7.70. The summed E-state index contributed by atoms with van der Waals surface area (Å²) < 4.78 is 44.9. The molecule has 0 fully saturated rings. The van der Waals surface area contributed by atoms with Crippen LogP contribution in [0.15, 0.2) is 91.0 Å². The first-order chi connectivity index (χ1) is 20.4. The Balaban J connectivity index is 1.37. The van der Waals surface area contributed by atoms with E-state index in [0.29, 0.717) is 17.7 Å². The van der Waals surface area contributed by atoms with Crippen LogP contribution in [0.5, 0.6) is 5.75 Å². The van der Waals surface area contributed by atoms with Crippen molar-refractivity contribution in [2.45, 2.75) is 46.0 Å². The van der Waals surface area contributed by atoms with Gasteiger partial charge in [0.1, 0.15) is 5.75 Å². The van der Waals surface area contributed by atoms with Crippen molar-refractivity contribution in [1.29, 1.82) is 0 Å². The van der Waals surface area contributed by atoms with Gasteiger partial charge >= 0.3 is 6.36 Å². The molecule has 3 N–H and O–H groups in total. The summed E-state index contributed by atoms with van der Waals surface area (Å²) >= 11 is 0. The number of rotatable bonds is 8. The summed E-state index contributed by atoms with van der Waals surface area (Å²) in [4.78, 5) is 13.2. The molecule has 1 amide bonds. The number of hydrogen-bond acceptors (Lipinski definition) is 4. The lowest BCUT2D eigenvalue weighted by Crippen LogP contribution is -2.27. The maximum atomic E-state index is 13.2. The molecule has 6 nitrogen and oxygen atoms in total. The number of benzene rings is 4. The predicted octanol–water partition coefficient (Wildman–Crippen LogP) is 7.35. The molecule has 1 unspecified atom stereocenters. The summed E-state index contributed by atoms with van der Waals surface area (Å²) in [5.41, 5.74) is 6.71. The van der Waals surface area contributed by atoms with E-state index >= 15 is 0 Å². The second-order valence-corrected chi connectivity index (χ2v) is 10.5. The number of hydrogen-bond donors (Lipinski definition) is 3. The number of carbonyl (C=O) groups is 1. The van der Waals surface area contributed by atoms with E-state index in [0.717, 1.165) is 38.9 Å². The monoisotopic (exact) mass is 588 g/mol. The Morgan fingerprint density at radius 2 is 1.56 bits per heavy atom. The molecule has 43 heavy (non-hydrogen) atoms. The molecule has 222 valence electrons. The molecule has 4 aromatic carbocycles. The van der Waals surface area contributed by atoms with E-state index < -0.39 is 24.6 Å². The van der Waals surface area contributed by atoms with E-state index in [1.54, 1.807) is 37.3 Å². The zero-order valence-electron chi connectivity index (χ0n) is 23.8. The first-order valence-electron chi connectivity index (χ1n) is 13.7. The number of fused-ring (bicyclic) bond motifs is 1. The van der Waals surface area contributed by atoms with E-state index in [2.05, 4.69) is 14.6 Å². The Morgan fingerprint density at radius 3 is 2.23 bits per heavy atom. The van der Waals surface area contributed by atoms with Gasteiger partial charge in [-0.2, -0.15) is 0 Å². The Kier molecular flexibility index (Phi) is 8.30. The fourth-order valence-corrected chi connectivity index (χ4v) is 5.37. The molecule has 1 heterocycles. The number of carbonyl (C=O) groups excluding carboxylic acids is 1.